The molecule has 0 unspecified atom stereocenters. The number of H-pyrrole nitrogens is 1. The van der Waals surface area contributed by atoms with Crippen molar-refractivity contribution < 1.29 is 4.79 Å². The summed E-state index contributed by atoms with van der Waals surface area (Å²) in [5.74, 6) is 1.11. The molecule has 0 bridgehead atoms. The van der Waals surface area contributed by atoms with E-state index in [1.54, 1.807) is 6.33 Å². The second-order valence-corrected chi connectivity index (χ2v) is 5.82. The molecule has 1 aromatic heterocycles. The summed E-state index contributed by atoms with van der Waals surface area (Å²) < 4.78 is 0. The minimum absolute atomic E-state index is 0.230. The van der Waals surface area contributed by atoms with Crippen molar-refractivity contribution in [1.29, 1.82) is 0 Å². The lowest BCUT2D eigenvalue weighted by atomic mass is 10.3. The van der Waals surface area contributed by atoms with Crippen LogP contribution in [0.5, 0.6) is 0 Å². The van der Waals surface area contributed by atoms with E-state index < -0.39 is 0 Å². The fourth-order valence-electron chi connectivity index (χ4n) is 1.76. The average molecular weight is 304 g/mol. The molecule has 1 heterocycles. The maximum absolute atomic E-state index is 11.8. The maximum Gasteiger partial charge on any atom is 0.319 e. The normalized spacial score (nSPS) is 10.4. The summed E-state index contributed by atoms with van der Waals surface area (Å²) in [5.41, 5.74) is 2.59. The van der Waals surface area contributed by atoms with E-state index in [2.05, 4.69) is 27.5 Å². The maximum atomic E-state index is 11.8. The Morgan fingerprint density at radius 1 is 1.33 bits per heavy atom. The fraction of sp³-hybridized carbons (Fsp3) is 0.333. The molecule has 2 amide bonds. The topological polar surface area (TPSA) is 69.8 Å². The summed E-state index contributed by atoms with van der Waals surface area (Å²) in [5, 5.41) is 5.60. The number of nitrogens with one attached hydrogen (secondary N) is 3. The van der Waals surface area contributed by atoms with E-state index in [0.717, 1.165) is 29.2 Å². The minimum atomic E-state index is -0.230. The average Bonchev–Trinajstić information content (AvgIpc) is 2.90. The van der Waals surface area contributed by atoms with Crippen LogP contribution in [0.15, 0.2) is 35.5 Å². The molecular formula is C15H20N4OS. The van der Waals surface area contributed by atoms with Crippen molar-refractivity contribution in [3.8, 4) is 0 Å². The number of anilines is 1. The first-order valence-electron chi connectivity index (χ1n) is 6.95. The van der Waals surface area contributed by atoms with E-state index >= 15 is 0 Å². The molecular weight excluding hydrogens is 284 g/mol. The van der Waals surface area contributed by atoms with Crippen LogP contribution in [0.25, 0.3) is 0 Å². The van der Waals surface area contributed by atoms with Gasteiger partial charge in [0.05, 0.1) is 18.6 Å². The van der Waals surface area contributed by atoms with Crippen LogP contribution in [0.3, 0.4) is 0 Å². The lowest BCUT2D eigenvalue weighted by Crippen LogP contribution is -2.28. The number of aromatic amines is 1. The molecule has 2 rings (SSSR count). The minimum Gasteiger partial charge on any atom is -0.348 e. The van der Waals surface area contributed by atoms with Gasteiger partial charge >= 0.3 is 6.03 Å². The van der Waals surface area contributed by atoms with Gasteiger partial charge < -0.3 is 15.6 Å². The van der Waals surface area contributed by atoms with Gasteiger partial charge in [0.15, 0.2) is 0 Å². The highest BCUT2D eigenvalue weighted by molar-refractivity contribution is 7.99. The van der Waals surface area contributed by atoms with Crippen molar-refractivity contribution in [2.45, 2.75) is 31.7 Å². The number of thioether (sulfide) groups is 1. The van der Waals surface area contributed by atoms with Crippen LogP contribution in [-0.4, -0.2) is 21.8 Å². The van der Waals surface area contributed by atoms with Crippen LogP contribution in [0, 0.1) is 6.92 Å². The summed E-state index contributed by atoms with van der Waals surface area (Å²) in [4.78, 5) is 20.1. The highest BCUT2D eigenvalue weighted by atomic mass is 32.2. The third-order valence-corrected chi connectivity index (χ3v) is 4.15. The first kappa shape index (κ1) is 15.4. The summed E-state index contributed by atoms with van der Waals surface area (Å²) in [6.07, 6.45) is 2.77. The SMILES string of the molecule is CCCSc1ccc(NC(=O)NCc2nc[nH]c2C)cc1. The Morgan fingerprint density at radius 2 is 2.10 bits per heavy atom. The van der Waals surface area contributed by atoms with Crippen molar-refractivity contribution >= 4 is 23.5 Å². The number of amides is 2. The Morgan fingerprint density at radius 3 is 2.71 bits per heavy atom. The predicted molar refractivity (Wildman–Crippen MR) is 86.6 cm³/mol. The first-order chi connectivity index (χ1) is 10.2. The number of nitrogens with zero attached hydrogens (tertiary/aromatic N) is 1. The van der Waals surface area contributed by atoms with E-state index in [9.17, 15) is 4.79 Å². The van der Waals surface area contributed by atoms with E-state index in [4.69, 9.17) is 0 Å². The van der Waals surface area contributed by atoms with E-state index in [1.807, 2.05) is 43.0 Å². The number of hydrogen-bond donors (Lipinski definition) is 3. The second-order valence-electron chi connectivity index (χ2n) is 4.65. The van der Waals surface area contributed by atoms with Gasteiger partial charge in [-0.05, 0) is 43.4 Å². The molecule has 0 aliphatic carbocycles. The number of hydrogen-bond acceptors (Lipinski definition) is 3. The van der Waals surface area contributed by atoms with E-state index in [0.29, 0.717) is 6.54 Å². The van der Waals surface area contributed by atoms with Crippen molar-refractivity contribution in [1.82, 2.24) is 15.3 Å². The Hall–Kier alpha value is -1.95. The Kier molecular flexibility index (Phi) is 5.68. The van der Waals surface area contributed by atoms with Gasteiger partial charge in [-0.25, -0.2) is 9.78 Å². The van der Waals surface area contributed by atoms with Crippen LogP contribution in [0.1, 0.15) is 24.7 Å². The molecule has 2 aromatic rings. The Labute approximate surface area is 128 Å². The van der Waals surface area contributed by atoms with Crippen molar-refractivity contribution in [2.24, 2.45) is 0 Å². The number of rotatable bonds is 6. The standard InChI is InChI=1S/C15H20N4OS/c1-3-8-21-13-6-4-12(5-7-13)19-15(20)16-9-14-11(2)17-10-18-14/h4-7,10H,3,8-9H2,1-2H3,(H,17,18)(H2,16,19,20). The smallest absolute Gasteiger partial charge is 0.319 e. The van der Waals surface area contributed by atoms with E-state index in [-0.39, 0.29) is 6.03 Å². The molecule has 0 aliphatic rings. The number of imidazole rings is 1. The van der Waals surface area contributed by atoms with Gasteiger partial charge in [0.25, 0.3) is 0 Å². The Balaban J connectivity index is 1.81. The molecule has 0 aliphatic heterocycles. The van der Waals surface area contributed by atoms with Crippen molar-refractivity contribution in [3.05, 3.63) is 42.0 Å². The fourth-order valence-corrected chi connectivity index (χ4v) is 2.53. The second kappa shape index (κ2) is 7.73. The van der Waals surface area contributed by atoms with Gasteiger partial charge in [-0.2, -0.15) is 0 Å². The van der Waals surface area contributed by atoms with E-state index in [1.165, 1.54) is 4.90 Å². The molecule has 0 spiro atoms. The van der Waals surface area contributed by atoms with Crippen LogP contribution in [0.2, 0.25) is 0 Å². The first-order valence-corrected chi connectivity index (χ1v) is 7.94. The molecule has 6 heteroatoms. The Bertz CT molecular complexity index is 580. The van der Waals surface area contributed by atoms with Crippen LogP contribution < -0.4 is 10.6 Å². The third kappa shape index (κ3) is 4.82. The number of aryl methyl sites for hydroxylation is 1. The van der Waals surface area contributed by atoms with Crippen molar-refractivity contribution in [3.63, 3.8) is 0 Å². The molecule has 0 atom stereocenters. The molecule has 0 fully saturated rings. The number of aromatic nitrogens is 2. The number of carbonyl (C=O) groups is 1. The van der Waals surface area contributed by atoms with Gasteiger partial charge in [0.2, 0.25) is 0 Å². The summed E-state index contributed by atoms with van der Waals surface area (Å²) in [7, 11) is 0. The summed E-state index contributed by atoms with van der Waals surface area (Å²) >= 11 is 1.82. The highest BCUT2D eigenvalue weighted by Crippen LogP contribution is 2.20. The molecule has 5 nitrogen and oxygen atoms in total. The monoisotopic (exact) mass is 304 g/mol. The van der Waals surface area contributed by atoms with Crippen LogP contribution in [-0.2, 0) is 6.54 Å². The largest absolute Gasteiger partial charge is 0.348 e. The third-order valence-electron chi connectivity index (χ3n) is 2.94. The van der Waals surface area contributed by atoms with Crippen LogP contribution in [0.4, 0.5) is 10.5 Å². The lowest BCUT2D eigenvalue weighted by Gasteiger charge is -2.08. The number of urea groups is 1. The molecule has 112 valence electrons. The molecule has 3 N–H and O–H groups in total. The molecule has 0 saturated heterocycles. The zero-order valence-electron chi connectivity index (χ0n) is 12.3. The summed E-state index contributed by atoms with van der Waals surface area (Å²) in [6, 6.07) is 7.64. The quantitative estimate of drug-likeness (QED) is 0.715. The molecule has 21 heavy (non-hydrogen) atoms. The molecule has 0 radical (unpaired) electrons. The molecule has 0 saturated carbocycles. The molecule has 1 aromatic carbocycles. The lowest BCUT2D eigenvalue weighted by molar-refractivity contribution is 0.251. The zero-order chi connectivity index (χ0) is 15.1. The van der Waals surface area contributed by atoms with Crippen molar-refractivity contribution in [2.75, 3.05) is 11.1 Å². The summed E-state index contributed by atoms with van der Waals surface area (Å²) in [6.45, 7) is 4.49. The highest BCUT2D eigenvalue weighted by Gasteiger charge is 2.05. The predicted octanol–water partition coefficient (Wildman–Crippen LogP) is 3.54. The van der Waals surface area contributed by atoms with Gasteiger partial charge in [-0.15, -0.1) is 11.8 Å². The number of benzene rings is 1. The van der Waals surface area contributed by atoms with Gasteiger partial charge in [0.1, 0.15) is 0 Å². The van der Waals surface area contributed by atoms with Gasteiger partial charge in [-0.3, -0.25) is 0 Å². The zero-order valence-corrected chi connectivity index (χ0v) is 13.1. The van der Waals surface area contributed by atoms with Gasteiger partial charge in [0, 0.05) is 16.3 Å². The van der Waals surface area contributed by atoms with Gasteiger partial charge in [-0.1, -0.05) is 6.92 Å². The van der Waals surface area contributed by atoms with Crippen LogP contribution >= 0.6 is 11.8 Å². The number of carbonyl (C=O) groups excluding carboxylic acids is 1.